The van der Waals surface area contributed by atoms with Crippen molar-refractivity contribution in [3.8, 4) is 5.95 Å². The van der Waals surface area contributed by atoms with E-state index in [0.29, 0.717) is 17.1 Å². The van der Waals surface area contributed by atoms with Gasteiger partial charge in [-0.15, -0.1) is 0 Å². The van der Waals surface area contributed by atoms with Crippen molar-refractivity contribution in [3.05, 3.63) is 18.5 Å². The number of nitrogens with zero attached hydrogens (tertiary/aromatic N) is 5. The van der Waals surface area contributed by atoms with Crippen molar-refractivity contribution in [2.45, 2.75) is 11.6 Å². The highest BCUT2D eigenvalue weighted by Crippen LogP contribution is 2.16. The van der Waals surface area contributed by atoms with Gasteiger partial charge in [-0.05, 0) is 12.5 Å². The fourth-order valence-corrected chi connectivity index (χ4v) is 2.12. The highest BCUT2D eigenvalue weighted by atomic mass is 32.2. The minimum atomic E-state index is 0.513. The van der Waals surface area contributed by atoms with E-state index in [9.17, 15) is 0 Å². The summed E-state index contributed by atoms with van der Waals surface area (Å²) in [6.07, 6.45) is 4.45. The summed E-state index contributed by atoms with van der Waals surface area (Å²) in [7, 11) is 3.48. The first-order chi connectivity index (χ1) is 9.33. The molecule has 0 unspecified atom stereocenters. The second-order valence-electron chi connectivity index (χ2n) is 3.64. The van der Waals surface area contributed by atoms with Crippen LogP contribution in [-0.2, 0) is 4.74 Å². The molecule has 2 rings (SSSR count). The summed E-state index contributed by atoms with van der Waals surface area (Å²) in [5.74, 6) is 1.95. The van der Waals surface area contributed by atoms with E-state index in [1.807, 2.05) is 6.07 Å². The van der Waals surface area contributed by atoms with E-state index in [1.165, 1.54) is 0 Å². The van der Waals surface area contributed by atoms with Gasteiger partial charge in [0.1, 0.15) is 0 Å². The van der Waals surface area contributed by atoms with Gasteiger partial charge >= 0.3 is 0 Å². The van der Waals surface area contributed by atoms with Crippen LogP contribution in [0.1, 0.15) is 6.42 Å². The Hall–Kier alpha value is -1.67. The molecule has 7 nitrogen and oxygen atoms in total. The monoisotopic (exact) mass is 280 g/mol. The van der Waals surface area contributed by atoms with Crippen LogP contribution >= 0.6 is 11.8 Å². The maximum Gasteiger partial charge on any atom is 0.256 e. The number of anilines is 1. The SMILES string of the molecule is CNc1nc(SCCCOC)nc(-n2cccn2)n1. The lowest BCUT2D eigenvalue weighted by molar-refractivity contribution is 0.200. The average Bonchev–Trinajstić information content (AvgIpc) is 2.97. The quantitative estimate of drug-likeness (QED) is 0.603. The van der Waals surface area contributed by atoms with Gasteiger partial charge in [0.25, 0.3) is 5.95 Å². The van der Waals surface area contributed by atoms with Crippen LogP contribution in [0.3, 0.4) is 0 Å². The van der Waals surface area contributed by atoms with Gasteiger partial charge in [0.05, 0.1) is 0 Å². The lowest BCUT2D eigenvalue weighted by atomic mass is 10.5. The summed E-state index contributed by atoms with van der Waals surface area (Å²) in [6, 6.07) is 1.83. The minimum Gasteiger partial charge on any atom is -0.385 e. The third-order valence-corrected chi connectivity index (χ3v) is 3.19. The van der Waals surface area contributed by atoms with E-state index in [0.717, 1.165) is 18.8 Å². The molecule has 19 heavy (non-hydrogen) atoms. The molecule has 0 saturated heterocycles. The first-order valence-corrected chi connectivity index (χ1v) is 6.87. The molecule has 2 heterocycles. The summed E-state index contributed by atoms with van der Waals surface area (Å²) in [6.45, 7) is 0.739. The normalized spacial score (nSPS) is 10.6. The molecule has 0 aromatic carbocycles. The fourth-order valence-electron chi connectivity index (χ4n) is 1.38. The van der Waals surface area contributed by atoms with Gasteiger partial charge in [-0.3, -0.25) is 0 Å². The topological polar surface area (TPSA) is 77.8 Å². The number of rotatable bonds is 7. The van der Waals surface area contributed by atoms with Crippen molar-refractivity contribution in [2.24, 2.45) is 0 Å². The van der Waals surface area contributed by atoms with Crippen molar-refractivity contribution < 1.29 is 4.74 Å². The van der Waals surface area contributed by atoms with Crippen molar-refractivity contribution >= 4 is 17.7 Å². The predicted molar refractivity (Wildman–Crippen MR) is 73.7 cm³/mol. The van der Waals surface area contributed by atoms with E-state index < -0.39 is 0 Å². The van der Waals surface area contributed by atoms with Crippen LogP contribution in [0.4, 0.5) is 5.95 Å². The summed E-state index contributed by atoms with van der Waals surface area (Å²) in [5, 5.41) is 7.73. The Morgan fingerprint density at radius 2 is 2.26 bits per heavy atom. The van der Waals surface area contributed by atoms with E-state index >= 15 is 0 Å². The standard InChI is InChI=1S/C11H16N6OS/c1-12-9-14-10(17-6-3-5-13-17)16-11(15-9)19-8-4-7-18-2/h3,5-6H,4,7-8H2,1-2H3,(H,12,14,15,16). The Balaban J connectivity index is 2.12. The van der Waals surface area contributed by atoms with Gasteiger partial charge < -0.3 is 10.1 Å². The zero-order valence-corrected chi connectivity index (χ0v) is 11.7. The number of hydrogen-bond acceptors (Lipinski definition) is 7. The first-order valence-electron chi connectivity index (χ1n) is 5.89. The van der Waals surface area contributed by atoms with Crippen molar-refractivity contribution in [1.29, 1.82) is 0 Å². The molecule has 0 bridgehead atoms. The van der Waals surface area contributed by atoms with Crippen LogP contribution < -0.4 is 5.32 Å². The molecular formula is C11H16N6OS. The second-order valence-corrected chi connectivity index (χ2v) is 4.70. The zero-order valence-electron chi connectivity index (χ0n) is 10.9. The molecule has 0 aliphatic heterocycles. The molecular weight excluding hydrogens is 264 g/mol. The number of aromatic nitrogens is 5. The number of nitrogens with one attached hydrogen (secondary N) is 1. The lowest BCUT2D eigenvalue weighted by Gasteiger charge is -2.06. The molecule has 0 fully saturated rings. The van der Waals surface area contributed by atoms with Crippen molar-refractivity contribution in [2.75, 3.05) is 31.8 Å². The molecule has 8 heteroatoms. The molecule has 102 valence electrons. The van der Waals surface area contributed by atoms with Crippen LogP contribution in [0.25, 0.3) is 5.95 Å². The molecule has 0 amide bonds. The van der Waals surface area contributed by atoms with Crippen LogP contribution in [0.5, 0.6) is 0 Å². The molecule has 0 aliphatic carbocycles. The van der Waals surface area contributed by atoms with E-state index in [2.05, 4.69) is 25.4 Å². The highest BCUT2D eigenvalue weighted by Gasteiger charge is 2.07. The minimum absolute atomic E-state index is 0.513. The largest absolute Gasteiger partial charge is 0.385 e. The molecule has 0 aliphatic rings. The van der Waals surface area contributed by atoms with Crippen LogP contribution in [-0.4, -0.2) is 51.2 Å². The van der Waals surface area contributed by atoms with Crippen LogP contribution in [0.15, 0.2) is 23.6 Å². The average molecular weight is 280 g/mol. The van der Waals surface area contributed by atoms with E-state index in [-0.39, 0.29) is 0 Å². The molecule has 1 N–H and O–H groups in total. The molecule has 2 aromatic rings. The van der Waals surface area contributed by atoms with Crippen LogP contribution in [0.2, 0.25) is 0 Å². The molecule has 0 saturated carbocycles. The summed E-state index contributed by atoms with van der Waals surface area (Å²) < 4.78 is 6.63. The second kappa shape index (κ2) is 7.05. The Labute approximate surface area is 115 Å². The maximum atomic E-state index is 5.01. The van der Waals surface area contributed by atoms with Gasteiger partial charge in [-0.25, -0.2) is 4.68 Å². The first kappa shape index (κ1) is 13.8. The van der Waals surface area contributed by atoms with Gasteiger partial charge in [0, 0.05) is 38.9 Å². The molecule has 0 radical (unpaired) electrons. The third kappa shape index (κ3) is 3.90. The number of thioether (sulfide) groups is 1. The Morgan fingerprint density at radius 3 is 2.95 bits per heavy atom. The Morgan fingerprint density at radius 1 is 1.37 bits per heavy atom. The lowest BCUT2D eigenvalue weighted by Crippen LogP contribution is -2.08. The summed E-state index contributed by atoms with van der Waals surface area (Å²) in [5.41, 5.74) is 0. The number of hydrogen-bond donors (Lipinski definition) is 1. The van der Waals surface area contributed by atoms with Gasteiger partial charge in [-0.2, -0.15) is 20.1 Å². The zero-order chi connectivity index (χ0) is 13.5. The number of ether oxygens (including phenoxy) is 1. The van der Waals surface area contributed by atoms with E-state index in [4.69, 9.17) is 4.74 Å². The smallest absolute Gasteiger partial charge is 0.256 e. The predicted octanol–water partition coefficient (Wildman–Crippen LogP) is 1.23. The Bertz CT molecular complexity index is 504. The third-order valence-electron chi connectivity index (χ3n) is 2.26. The molecule has 0 atom stereocenters. The summed E-state index contributed by atoms with van der Waals surface area (Å²) >= 11 is 1.58. The molecule has 2 aromatic heterocycles. The van der Waals surface area contributed by atoms with Gasteiger partial charge in [0.2, 0.25) is 5.95 Å². The Kier molecular flexibility index (Phi) is 5.10. The number of methoxy groups -OCH3 is 1. The molecule has 0 spiro atoms. The van der Waals surface area contributed by atoms with Gasteiger partial charge in [-0.1, -0.05) is 11.8 Å². The fraction of sp³-hybridized carbons (Fsp3) is 0.455. The van der Waals surface area contributed by atoms with E-state index in [1.54, 1.807) is 43.0 Å². The van der Waals surface area contributed by atoms with Crippen molar-refractivity contribution in [1.82, 2.24) is 24.7 Å². The highest BCUT2D eigenvalue weighted by molar-refractivity contribution is 7.99. The van der Waals surface area contributed by atoms with Crippen molar-refractivity contribution in [3.63, 3.8) is 0 Å². The van der Waals surface area contributed by atoms with Crippen LogP contribution in [0, 0.1) is 0 Å². The van der Waals surface area contributed by atoms with Gasteiger partial charge in [0.15, 0.2) is 5.16 Å². The summed E-state index contributed by atoms with van der Waals surface area (Å²) in [4.78, 5) is 13.0. The maximum absolute atomic E-state index is 5.01.